The van der Waals surface area contributed by atoms with Gasteiger partial charge in [0.1, 0.15) is 17.6 Å². The molecule has 2 rings (SSSR count). The van der Waals surface area contributed by atoms with Crippen LogP contribution >= 0.6 is 11.6 Å². The molecular formula is C14H15ClO4. The highest BCUT2D eigenvalue weighted by molar-refractivity contribution is 6.31. The fourth-order valence-corrected chi connectivity index (χ4v) is 2.09. The van der Waals surface area contributed by atoms with Gasteiger partial charge >= 0.3 is 0 Å². The van der Waals surface area contributed by atoms with Crippen molar-refractivity contribution in [3.05, 3.63) is 46.4 Å². The van der Waals surface area contributed by atoms with Crippen LogP contribution in [0.3, 0.4) is 0 Å². The van der Waals surface area contributed by atoms with Crippen molar-refractivity contribution in [2.24, 2.45) is 0 Å². The van der Waals surface area contributed by atoms with E-state index >= 15 is 0 Å². The summed E-state index contributed by atoms with van der Waals surface area (Å²) < 4.78 is 15.7. The molecule has 1 aromatic heterocycles. The molecule has 1 aromatic carbocycles. The lowest BCUT2D eigenvalue weighted by atomic mass is 10.1. The first-order chi connectivity index (χ1) is 9.06. The Hall–Kier alpha value is -1.65. The average molecular weight is 283 g/mol. The van der Waals surface area contributed by atoms with Crippen molar-refractivity contribution in [1.29, 1.82) is 0 Å². The van der Waals surface area contributed by atoms with Gasteiger partial charge in [-0.3, -0.25) is 0 Å². The average Bonchev–Trinajstić information content (AvgIpc) is 2.84. The van der Waals surface area contributed by atoms with E-state index in [0.29, 0.717) is 27.8 Å². The van der Waals surface area contributed by atoms with Crippen molar-refractivity contribution < 1.29 is 19.0 Å². The molecule has 4 nitrogen and oxygen atoms in total. The van der Waals surface area contributed by atoms with E-state index in [1.165, 1.54) is 14.2 Å². The second-order valence-electron chi connectivity index (χ2n) is 4.08. The van der Waals surface area contributed by atoms with Gasteiger partial charge in [0.25, 0.3) is 0 Å². The maximum Gasteiger partial charge on any atom is 0.162 e. The van der Waals surface area contributed by atoms with Crippen molar-refractivity contribution in [2.75, 3.05) is 14.2 Å². The van der Waals surface area contributed by atoms with E-state index in [4.69, 9.17) is 25.5 Å². The summed E-state index contributed by atoms with van der Waals surface area (Å²) >= 11 is 6.15. The van der Waals surface area contributed by atoms with Crippen LogP contribution in [0.2, 0.25) is 5.02 Å². The van der Waals surface area contributed by atoms with Gasteiger partial charge in [-0.15, -0.1) is 0 Å². The summed E-state index contributed by atoms with van der Waals surface area (Å²) in [4.78, 5) is 0. The van der Waals surface area contributed by atoms with Gasteiger partial charge in [0.2, 0.25) is 0 Å². The number of ether oxygens (including phenoxy) is 2. The van der Waals surface area contributed by atoms with E-state index in [0.717, 1.165) is 5.76 Å². The minimum atomic E-state index is -0.944. The maximum absolute atomic E-state index is 10.3. The molecule has 102 valence electrons. The molecular weight excluding hydrogens is 268 g/mol. The van der Waals surface area contributed by atoms with Gasteiger partial charge in [0, 0.05) is 11.6 Å². The molecule has 0 aliphatic heterocycles. The predicted octanol–water partition coefficient (Wildman–Crippen LogP) is 3.34. The van der Waals surface area contributed by atoms with E-state index < -0.39 is 6.10 Å². The molecule has 0 aliphatic rings. The first kappa shape index (κ1) is 13.8. The molecule has 0 saturated heterocycles. The number of methoxy groups -OCH3 is 2. The Morgan fingerprint density at radius 3 is 2.32 bits per heavy atom. The zero-order chi connectivity index (χ0) is 14.0. The highest BCUT2D eigenvalue weighted by Crippen LogP contribution is 2.37. The quantitative estimate of drug-likeness (QED) is 0.934. The third-order valence-electron chi connectivity index (χ3n) is 2.83. The molecule has 0 spiro atoms. The number of rotatable bonds is 4. The largest absolute Gasteiger partial charge is 0.493 e. The van der Waals surface area contributed by atoms with Gasteiger partial charge in [-0.2, -0.15) is 0 Å². The van der Waals surface area contributed by atoms with Crippen LogP contribution < -0.4 is 9.47 Å². The lowest BCUT2D eigenvalue weighted by molar-refractivity contribution is 0.187. The van der Waals surface area contributed by atoms with Crippen LogP contribution in [-0.2, 0) is 0 Å². The van der Waals surface area contributed by atoms with Crippen LogP contribution in [0.4, 0.5) is 0 Å². The minimum absolute atomic E-state index is 0.388. The molecule has 0 fully saturated rings. The van der Waals surface area contributed by atoms with Crippen LogP contribution in [0.1, 0.15) is 23.2 Å². The standard InChI is InChI=1S/C14H15ClO4/c1-8-4-5-11(19-8)14(16)9-6-12(17-2)13(18-3)7-10(9)15/h4-7,14,16H,1-3H3. The number of hydrogen-bond donors (Lipinski definition) is 1. The smallest absolute Gasteiger partial charge is 0.162 e. The van der Waals surface area contributed by atoms with Crippen LogP contribution in [0.25, 0.3) is 0 Å². The zero-order valence-electron chi connectivity index (χ0n) is 10.9. The minimum Gasteiger partial charge on any atom is -0.493 e. The Morgan fingerprint density at radius 2 is 1.79 bits per heavy atom. The summed E-state index contributed by atoms with van der Waals surface area (Å²) in [5.74, 6) is 2.18. The number of furan rings is 1. The summed E-state index contributed by atoms with van der Waals surface area (Å²) in [6.45, 7) is 1.81. The van der Waals surface area contributed by atoms with Crippen LogP contribution in [0, 0.1) is 6.92 Å². The second kappa shape index (κ2) is 5.55. The Labute approximate surface area is 116 Å². The Kier molecular flexibility index (Phi) is 4.02. The highest BCUT2D eigenvalue weighted by Gasteiger charge is 2.20. The van der Waals surface area contributed by atoms with Crippen molar-refractivity contribution in [1.82, 2.24) is 0 Å². The third-order valence-corrected chi connectivity index (χ3v) is 3.16. The SMILES string of the molecule is COc1cc(Cl)c(C(O)c2ccc(C)o2)cc1OC. The molecule has 2 aromatic rings. The lowest BCUT2D eigenvalue weighted by Gasteiger charge is -2.14. The summed E-state index contributed by atoms with van der Waals surface area (Å²) in [6.07, 6.45) is -0.944. The number of aryl methyl sites for hydroxylation is 1. The summed E-state index contributed by atoms with van der Waals surface area (Å²) in [6, 6.07) is 6.75. The molecule has 0 amide bonds. The monoisotopic (exact) mass is 282 g/mol. The number of benzene rings is 1. The van der Waals surface area contributed by atoms with Gasteiger partial charge in [-0.05, 0) is 25.1 Å². The van der Waals surface area contributed by atoms with Gasteiger partial charge in [0.15, 0.2) is 11.5 Å². The van der Waals surface area contributed by atoms with E-state index in [9.17, 15) is 5.11 Å². The van der Waals surface area contributed by atoms with E-state index in [-0.39, 0.29) is 0 Å². The molecule has 19 heavy (non-hydrogen) atoms. The van der Waals surface area contributed by atoms with Crippen molar-refractivity contribution in [2.45, 2.75) is 13.0 Å². The van der Waals surface area contributed by atoms with Crippen LogP contribution in [0.5, 0.6) is 11.5 Å². The molecule has 0 bridgehead atoms. The maximum atomic E-state index is 10.3. The molecule has 0 radical (unpaired) electrons. The molecule has 0 aliphatic carbocycles. The van der Waals surface area contributed by atoms with Gasteiger partial charge in [-0.25, -0.2) is 0 Å². The second-order valence-corrected chi connectivity index (χ2v) is 4.49. The predicted molar refractivity (Wildman–Crippen MR) is 72.1 cm³/mol. The molecule has 1 atom stereocenters. The molecule has 1 N–H and O–H groups in total. The summed E-state index contributed by atoms with van der Waals surface area (Å²) in [5, 5.41) is 10.7. The Morgan fingerprint density at radius 1 is 1.16 bits per heavy atom. The zero-order valence-corrected chi connectivity index (χ0v) is 11.7. The van der Waals surface area contributed by atoms with Crippen LogP contribution in [-0.4, -0.2) is 19.3 Å². The molecule has 1 unspecified atom stereocenters. The summed E-state index contributed by atoms with van der Waals surface area (Å²) in [7, 11) is 3.05. The van der Waals surface area contributed by atoms with Gasteiger partial charge in [0.05, 0.1) is 19.2 Å². The van der Waals surface area contributed by atoms with Crippen molar-refractivity contribution in [3.63, 3.8) is 0 Å². The van der Waals surface area contributed by atoms with E-state index in [2.05, 4.69) is 0 Å². The first-order valence-electron chi connectivity index (χ1n) is 5.72. The molecule has 5 heteroatoms. The van der Waals surface area contributed by atoms with E-state index in [1.807, 2.05) is 6.92 Å². The third kappa shape index (κ3) is 2.69. The fourth-order valence-electron chi connectivity index (χ4n) is 1.83. The molecule has 0 saturated carbocycles. The molecule has 1 heterocycles. The topological polar surface area (TPSA) is 51.8 Å². The number of aliphatic hydroxyl groups excluding tert-OH is 1. The van der Waals surface area contributed by atoms with Gasteiger partial charge < -0.3 is 19.0 Å². The van der Waals surface area contributed by atoms with Crippen molar-refractivity contribution in [3.8, 4) is 11.5 Å². The van der Waals surface area contributed by atoms with Gasteiger partial charge in [-0.1, -0.05) is 11.6 Å². The fraction of sp³-hybridized carbons (Fsp3) is 0.286. The van der Waals surface area contributed by atoms with E-state index in [1.54, 1.807) is 24.3 Å². The Bertz CT molecular complexity index is 577. The van der Waals surface area contributed by atoms with Crippen LogP contribution in [0.15, 0.2) is 28.7 Å². The summed E-state index contributed by atoms with van der Waals surface area (Å²) in [5.41, 5.74) is 0.508. The highest BCUT2D eigenvalue weighted by atomic mass is 35.5. The first-order valence-corrected chi connectivity index (χ1v) is 6.10. The normalized spacial score (nSPS) is 12.3. The number of hydrogen-bond acceptors (Lipinski definition) is 4. The number of halogens is 1. The lowest BCUT2D eigenvalue weighted by Crippen LogP contribution is -2.01. The Balaban J connectivity index is 2.44. The van der Waals surface area contributed by atoms with Crippen molar-refractivity contribution >= 4 is 11.6 Å². The number of aliphatic hydroxyl groups is 1.